The standard InChI is InChI=1S/C29H29N3O3/c33-29(32(34)25-15-18-31(19-16-25)20-22-6-2-1-3-7-22)23-10-12-26(13-11-23)35-21-24-14-17-30-28-9-5-4-8-27(24)28/h1-14,17,25,34H,15-16,18-21H2. The van der Waals surface area contributed by atoms with E-state index in [2.05, 4.69) is 22.0 Å². The first kappa shape index (κ1) is 23.0. The summed E-state index contributed by atoms with van der Waals surface area (Å²) in [5.41, 5.74) is 3.71. The summed E-state index contributed by atoms with van der Waals surface area (Å²) in [6.45, 7) is 2.99. The van der Waals surface area contributed by atoms with Gasteiger partial charge in [-0.2, -0.15) is 0 Å². The number of carbonyl (C=O) groups is 1. The van der Waals surface area contributed by atoms with E-state index in [-0.39, 0.29) is 11.9 Å². The van der Waals surface area contributed by atoms with Gasteiger partial charge in [-0.3, -0.25) is 19.9 Å². The molecule has 2 heterocycles. The van der Waals surface area contributed by atoms with Crippen LogP contribution in [0.1, 0.15) is 34.3 Å². The molecule has 0 unspecified atom stereocenters. The second kappa shape index (κ2) is 10.7. The van der Waals surface area contributed by atoms with Crippen molar-refractivity contribution in [3.8, 4) is 5.75 Å². The molecule has 3 aromatic carbocycles. The Morgan fingerprint density at radius 3 is 2.43 bits per heavy atom. The van der Waals surface area contributed by atoms with Gasteiger partial charge >= 0.3 is 0 Å². The Bertz CT molecular complexity index is 1260. The number of amides is 1. The first-order chi connectivity index (χ1) is 17.2. The van der Waals surface area contributed by atoms with Crippen LogP contribution in [0.5, 0.6) is 5.75 Å². The first-order valence-corrected chi connectivity index (χ1v) is 12.0. The van der Waals surface area contributed by atoms with E-state index in [1.54, 1.807) is 30.5 Å². The van der Waals surface area contributed by atoms with Crippen molar-refractivity contribution in [2.24, 2.45) is 0 Å². The molecule has 4 aromatic rings. The monoisotopic (exact) mass is 467 g/mol. The summed E-state index contributed by atoms with van der Waals surface area (Å²) in [6, 6.07) is 27.1. The van der Waals surface area contributed by atoms with E-state index in [1.807, 2.05) is 48.5 Å². The minimum Gasteiger partial charge on any atom is -0.489 e. The van der Waals surface area contributed by atoms with Crippen LogP contribution < -0.4 is 4.74 Å². The Morgan fingerprint density at radius 1 is 0.943 bits per heavy atom. The van der Waals surface area contributed by atoms with Crippen molar-refractivity contribution < 1.29 is 14.7 Å². The molecule has 0 atom stereocenters. The van der Waals surface area contributed by atoms with Gasteiger partial charge in [0.1, 0.15) is 12.4 Å². The molecule has 6 nitrogen and oxygen atoms in total. The van der Waals surface area contributed by atoms with Crippen LogP contribution >= 0.6 is 0 Å². The third-order valence-electron chi connectivity index (χ3n) is 6.60. The molecule has 178 valence electrons. The molecule has 1 aromatic heterocycles. The van der Waals surface area contributed by atoms with Crippen LogP contribution in [-0.4, -0.2) is 45.2 Å². The number of hydroxylamine groups is 2. The predicted molar refractivity (Wildman–Crippen MR) is 135 cm³/mol. The number of rotatable bonds is 7. The van der Waals surface area contributed by atoms with Crippen LogP contribution in [-0.2, 0) is 13.2 Å². The van der Waals surface area contributed by atoms with E-state index in [9.17, 15) is 10.0 Å². The first-order valence-electron chi connectivity index (χ1n) is 12.0. The second-order valence-electron chi connectivity index (χ2n) is 8.94. The Kier molecular flexibility index (Phi) is 7.02. The second-order valence-corrected chi connectivity index (χ2v) is 8.94. The van der Waals surface area contributed by atoms with E-state index in [4.69, 9.17) is 4.74 Å². The van der Waals surface area contributed by atoms with Crippen LogP contribution in [0.25, 0.3) is 10.9 Å². The smallest absolute Gasteiger partial charge is 0.277 e. The maximum Gasteiger partial charge on any atom is 0.277 e. The van der Waals surface area contributed by atoms with E-state index in [1.165, 1.54) is 5.56 Å². The number of hydrogen-bond acceptors (Lipinski definition) is 5. The van der Waals surface area contributed by atoms with Crippen molar-refractivity contribution in [3.63, 3.8) is 0 Å². The SMILES string of the molecule is O=C(c1ccc(OCc2ccnc3ccccc23)cc1)N(O)C1CCN(Cc2ccccc2)CC1. The quantitative estimate of drug-likeness (QED) is 0.295. The number of nitrogens with zero attached hydrogens (tertiary/aromatic N) is 3. The largest absolute Gasteiger partial charge is 0.489 e. The van der Waals surface area contributed by atoms with Crippen molar-refractivity contribution in [2.75, 3.05) is 13.1 Å². The number of aromatic nitrogens is 1. The number of benzene rings is 3. The van der Waals surface area contributed by atoms with E-state index in [0.717, 1.165) is 54.0 Å². The third kappa shape index (κ3) is 5.50. The molecule has 1 N–H and O–H groups in total. The molecule has 0 aliphatic carbocycles. The van der Waals surface area contributed by atoms with Crippen LogP contribution in [0.2, 0.25) is 0 Å². The third-order valence-corrected chi connectivity index (χ3v) is 6.60. The van der Waals surface area contributed by atoms with Gasteiger partial charge in [0.2, 0.25) is 0 Å². The van der Waals surface area contributed by atoms with Gasteiger partial charge in [0.25, 0.3) is 5.91 Å². The van der Waals surface area contributed by atoms with Gasteiger partial charge in [-0.1, -0.05) is 48.5 Å². The molecule has 1 amide bonds. The Labute approximate surface area is 205 Å². The number of hydrogen-bond donors (Lipinski definition) is 1. The van der Waals surface area contributed by atoms with Crippen molar-refractivity contribution in [1.29, 1.82) is 0 Å². The van der Waals surface area contributed by atoms with E-state index < -0.39 is 0 Å². The molecular formula is C29H29N3O3. The number of para-hydroxylation sites is 1. The summed E-state index contributed by atoms with van der Waals surface area (Å²) in [5, 5.41) is 12.6. The normalized spacial score (nSPS) is 14.7. The molecule has 1 fully saturated rings. The molecule has 5 rings (SSSR count). The minimum atomic E-state index is -0.377. The summed E-state index contributed by atoms with van der Waals surface area (Å²) < 4.78 is 5.95. The number of carbonyl (C=O) groups excluding carboxylic acids is 1. The van der Waals surface area contributed by atoms with Gasteiger partial charge in [0.05, 0.1) is 11.6 Å². The average Bonchev–Trinajstić information content (AvgIpc) is 2.92. The number of piperidine rings is 1. The highest BCUT2D eigenvalue weighted by molar-refractivity contribution is 5.93. The highest BCUT2D eigenvalue weighted by Crippen LogP contribution is 2.22. The molecule has 1 aliphatic rings. The number of pyridine rings is 1. The molecule has 0 bridgehead atoms. The zero-order valence-electron chi connectivity index (χ0n) is 19.6. The molecule has 1 aliphatic heterocycles. The van der Waals surface area contributed by atoms with Crippen molar-refractivity contribution in [1.82, 2.24) is 14.9 Å². The molecule has 0 spiro atoms. The summed E-state index contributed by atoms with van der Waals surface area (Å²) in [6.07, 6.45) is 3.27. The van der Waals surface area contributed by atoms with Crippen molar-refractivity contribution in [3.05, 3.63) is 108 Å². The lowest BCUT2D eigenvalue weighted by molar-refractivity contribution is -0.101. The van der Waals surface area contributed by atoms with Crippen LogP contribution in [0, 0.1) is 0 Å². The molecule has 0 radical (unpaired) electrons. The average molecular weight is 468 g/mol. The van der Waals surface area contributed by atoms with Gasteiger partial charge in [0.15, 0.2) is 0 Å². The minimum absolute atomic E-state index is 0.176. The highest BCUT2D eigenvalue weighted by Gasteiger charge is 2.27. The molecular weight excluding hydrogens is 438 g/mol. The van der Waals surface area contributed by atoms with Crippen LogP contribution in [0.4, 0.5) is 0 Å². The lowest BCUT2D eigenvalue weighted by atomic mass is 10.0. The lowest BCUT2D eigenvalue weighted by Gasteiger charge is -2.35. The van der Waals surface area contributed by atoms with Gasteiger partial charge in [0, 0.05) is 42.3 Å². The Hall–Kier alpha value is -3.74. The number of fused-ring (bicyclic) bond motifs is 1. The molecule has 35 heavy (non-hydrogen) atoms. The van der Waals surface area contributed by atoms with Gasteiger partial charge in [-0.15, -0.1) is 0 Å². The number of ether oxygens (including phenoxy) is 1. The Morgan fingerprint density at radius 2 is 1.66 bits per heavy atom. The lowest BCUT2D eigenvalue weighted by Crippen LogP contribution is -2.45. The maximum atomic E-state index is 12.9. The van der Waals surface area contributed by atoms with Gasteiger partial charge < -0.3 is 4.74 Å². The highest BCUT2D eigenvalue weighted by atomic mass is 16.5. The van der Waals surface area contributed by atoms with Crippen LogP contribution in [0.15, 0.2) is 91.1 Å². The fourth-order valence-corrected chi connectivity index (χ4v) is 4.60. The topological polar surface area (TPSA) is 65.9 Å². The number of likely N-dealkylation sites (tertiary alicyclic amines) is 1. The summed E-state index contributed by atoms with van der Waals surface area (Å²) >= 11 is 0. The Balaban J connectivity index is 1.14. The van der Waals surface area contributed by atoms with Gasteiger partial charge in [-0.25, -0.2) is 5.06 Å². The maximum absolute atomic E-state index is 12.9. The van der Waals surface area contributed by atoms with Crippen molar-refractivity contribution in [2.45, 2.75) is 32.0 Å². The van der Waals surface area contributed by atoms with E-state index in [0.29, 0.717) is 17.9 Å². The molecule has 6 heteroatoms. The van der Waals surface area contributed by atoms with Crippen LogP contribution in [0.3, 0.4) is 0 Å². The summed E-state index contributed by atoms with van der Waals surface area (Å²) in [7, 11) is 0. The zero-order valence-corrected chi connectivity index (χ0v) is 19.6. The van der Waals surface area contributed by atoms with E-state index >= 15 is 0 Å². The molecule has 1 saturated heterocycles. The summed E-state index contributed by atoms with van der Waals surface area (Å²) in [5.74, 6) is 0.291. The zero-order chi connectivity index (χ0) is 24.0. The predicted octanol–water partition coefficient (Wildman–Crippen LogP) is 5.31. The van der Waals surface area contributed by atoms with Gasteiger partial charge in [-0.05, 0) is 54.8 Å². The fraction of sp³-hybridized carbons (Fsp3) is 0.241. The summed E-state index contributed by atoms with van der Waals surface area (Å²) in [4.78, 5) is 19.6. The molecule has 0 saturated carbocycles. The fourth-order valence-electron chi connectivity index (χ4n) is 4.60. The van der Waals surface area contributed by atoms with Crippen molar-refractivity contribution >= 4 is 16.8 Å².